The maximum Gasteiger partial charge on any atom is 0.233 e. The Hall–Kier alpha value is -1.46. The molecule has 0 atom stereocenters. The smallest absolute Gasteiger partial charge is 0.233 e. The molecular formula is C13H17FN2O2. The largest absolute Gasteiger partial charge is 0.384 e. The van der Waals surface area contributed by atoms with Gasteiger partial charge in [-0.1, -0.05) is 0 Å². The molecule has 1 aliphatic carbocycles. The Balaban J connectivity index is 2.35. The predicted molar refractivity (Wildman–Crippen MR) is 66.8 cm³/mol. The molecule has 5 heteroatoms. The number of halogens is 1. The number of fused-ring (bicyclic) bond motifs is 1. The fourth-order valence-corrected chi connectivity index (χ4v) is 2.21. The van der Waals surface area contributed by atoms with E-state index in [1.165, 1.54) is 6.08 Å². The molecule has 1 aliphatic rings. The van der Waals surface area contributed by atoms with Crippen molar-refractivity contribution in [1.82, 2.24) is 4.57 Å². The lowest BCUT2D eigenvalue weighted by Crippen LogP contribution is -2.16. The van der Waals surface area contributed by atoms with Crippen molar-refractivity contribution in [3.63, 3.8) is 0 Å². The maximum absolute atomic E-state index is 13.3. The highest BCUT2D eigenvalue weighted by atomic mass is 19.1. The van der Waals surface area contributed by atoms with Gasteiger partial charge in [-0.25, -0.2) is 4.39 Å². The fourth-order valence-electron chi connectivity index (χ4n) is 2.21. The summed E-state index contributed by atoms with van der Waals surface area (Å²) in [5, 5.41) is 0. The molecule has 2 rings (SSSR count). The van der Waals surface area contributed by atoms with Crippen LogP contribution in [0, 0.1) is 0 Å². The number of carbonyl (C=O) groups excluding carboxylic acids is 1. The van der Waals surface area contributed by atoms with E-state index >= 15 is 0 Å². The van der Waals surface area contributed by atoms with E-state index in [-0.39, 0.29) is 11.7 Å². The van der Waals surface area contributed by atoms with E-state index in [4.69, 9.17) is 10.5 Å². The lowest BCUT2D eigenvalue weighted by atomic mass is 10.0. The first kappa shape index (κ1) is 13.0. The van der Waals surface area contributed by atoms with Crippen molar-refractivity contribution in [2.45, 2.75) is 25.8 Å². The van der Waals surface area contributed by atoms with E-state index in [2.05, 4.69) is 0 Å². The summed E-state index contributed by atoms with van der Waals surface area (Å²) in [7, 11) is 1.56. The zero-order valence-electron chi connectivity index (χ0n) is 10.4. The third kappa shape index (κ3) is 2.37. The van der Waals surface area contributed by atoms with E-state index in [0.29, 0.717) is 32.4 Å². The van der Waals surface area contributed by atoms with Crippen molar-refractivity contribution in [3.05, 3.63) is 28.8 Å². The second-order valence-corrected chi connectivity index (χ2v) is 4.32. The van der Waals surface area contributed by atoms with Crippen molar-refractivity contribution < 1.29 is 13.9 Å². The molecule has 1 aromatic rings. The highest BCUT2D eigenvalue weighted by Gasteiger charge is 2.21. The molecule has 0 spiro atoms. The van der Waals surface area contributed by atoms with Crippen LogP contribution in [0.1, 0.15) is 34.5 Å². The number of nitrogens with two attached hydrogens (primary N) is 1. The van der Waals surface area contributed by atoms with Gasteiger partial charge < -0.3 is 10.5 Å². The van der Waals surface area contributed by atoms with Crippen LogP contribution in [0.15, 0.2) is 12.0 Å². The van der Waals surface area contributed by atoms with Gasteiger partial charge in [0.15, 0.2) is 0 Å². The van der Waals surface area contributed by atoms with Gasteiger partial charge in [-0.15, -0.1) is 0 Å². The lowest BCUT2D eigenvalue weighted by Gasteiger charge is -2.12. The number of rotatable bonds is 4. The summed E-state index contributed by atoms with van der Waals surface area (Å²) < 4.78 is 19.8. The first-order chi connectivity index (χ1) is 8.67. The molecule has 0 bridgehead atoms. The highest BCUT2D eigenvalue weighted by Crippen LogP contribution is 2.29. The number of ether oxygens (including phenoxy) is 1. The van der Waals surface area contributed by atoms with Crippen LogP contribution in [0.25, 0.3) is 6.08 Å². The van der Waals surface area contributed by atoms with Gasteiger partial charge in [-0.3, -0.25) is 9.36 Å². The van der Waals surface area contributed by atoms with E-state index in [1.54, 1.807) is 17.9 Å². The van der Waals surface area contributed by atoms with Gasteiger partial charge in [-0.05, 0) is 18.1 Å². The third-order valence-corrected chi connectivity index (χ3v) is 3.14. The van der Waals surface area contributed by atoms with Gasteiger partial charge in [0.2, 0.25) is 5.91 Å². The second-order valence-electron chi connectivity index (χ2n) is 4.32. The van der Waals surface area contributed by atoms with E-state index in [0.717, 1.165) is 16.8 Å². The van der Waals surface area contributed by atoms with Gasteiger partial charge >= 0.3 is 0 Å². The maximum atomic E-state index is 13.3. The number of hydrogen-bond acceptors (Lipinski definition) is 3. The number of aromatic nitrogens is 1. The lowest BCUT2D eigenvalue weighted by molar-refractivity contribution is 0.0848. The van der Waals surface area contributed by atoms with Crippen molar-refractivity contribution in [2.75, 3.05) is 13.7 Å². The van der Waals surface area contributed by atoms with Gasteiger partial charge in [-0.2, -0.15) is 0 Å². The summed E-state index contributed by atoms with van der Waals surface area (Å²) >= 11 is 0. The highest BCUT2D eigenvalue weighted by molar-refractivity contribution is 5.82. The fraction of sp³-hybridized carbons (Fsp3) is 0.462. The van der Waals surface area contributed by atoms with Crippen LogP contribution in [0.2, 0.25) is 0 Å². The minimum absolute atomic E-state index is 0.0384. The summed E-state index contributed by atoms with van der Waals surface area (Å²) in [6.07, 6.45) is 4.40. The monoisotopic (exact) mass is 252 g/mol. The Morgan fingerprint density at radius 1 is 1.56 bits per heavy atom. The van der Waals surface area contributed by atoms with Crippen LogP contribution in [-0.4, -0.2) is 24.2 Å². The number of methoxy groups -OCH3 is 1. The van der Waals surface area contributed by atoms with Crippen LogP contribution in [0.4, 0.5) is 4.39 Å². The minimum Gasteiger partial charge on any atom is -0.384 e. The first-order valence-electron chi connectivity index (χ1n) is 5.98. The average molecular weight is 252 g/mol. The summed E-state index contributed by atoms with van der Waals surface area (Å²) in [6.45, 7) is 0.685. The molecule has 4 nitrogen and oxygen atoms in total. The molecule has 18 heavy (non-hydrogen) atoms. The van der Waals surface area contributed by atoms with Crippen LogP contribution < -0.4 is 5.73 Å². The molecule has 1 aromatic heterocycles. The van der Waals surface area contributed by atoms with Crippen molar-refractivity contribution in [2.24, 2.45) is 5.73 Å². The van der Waals surface area contributed by atoms with Gasteiger partial charge in [0.05, 0.1) is 13.0 Å². The molecule has 0 unspecified atom stereocenters. The number of carbonyl (C=O) groups is 1. The van der Waals surface area contributed by atoms with Crippen LogP contribution in [0.3, 0.4) is 0 Å². The summed E-state index contributed by atoms with van der Waals surface area (Å²) in [6, 6.07) is 0. The van der Waals surface area contributed by atoms with Crippen molar-refractivity contribution in [1.29, 1.82) is 0 Å². The van der Waals surface area contributed by atoms with Crippen molar-refractivity contribution >= 4 is 12.0 Å². The minimum atomic E-state index is -0.153. The van der Waals surface area contributed by atoms with Gasteiger partial charge in [0, 0.05) is 37.5 Å². The van der Waals surface area contributed by atoms with Crippen LogP contribution in [0.5, 0.6) is 0 Å². The zero-order valence-corrected chi connectivity index (χ0v) is 10.4. The number of hydrogen-bond donors (Lipinski definition) is 1. The molecule has 0 aliphatic heterocycles. The third-order valence-electron chi connectivity index (χ3n) is 3.14. The zero-order chi connectivity index (χ0) is 13.1. The summed E-state index contributed by atoms with van der Waals surface area (Å²) in [5.41, 5.74) is 8.07. The average Bonchev–Trinajstić information content (AvgIpc) is 2.73. The Morgan fingerprint density at radius 2 is 2.33 bits per heavy atom. The Morgan fingerprint density at radius 3 is 3.00 bits per heavy atom. The van der Waals surface area contributed by atoms with Crippen LogP contribution >= 0.6 is 0 Å². The Bertz CT molecular complexity index is 491. The first-order valence-corrected chi connectivity index (χ1v) is 5.98. The Labute approximate surface area is 105 Å². The van der Waals surface area contributed by atoms with E-state index < -0.39 is 0 Å². The molecule has 0 aromatic carbocycles. The SMILES string of the molecule is COCCC(=O)n1cc(CN)c2c1CCC(F)=C2. The van der Waals surface area contributed by atoms with Gasteiger partial charge in [0.25, 0.3) is 0 Å². The molecule has 0 amide bonds. The summed E-state index contributed by atoms with van der Waals surface area (Å²) in [5.74, 6) is -0.192. The van der Waals surface area contributed by atoms with Crippen molar-refractivity contribution in [3.8, 4) is 0 Å². The number of allylic oxidation sites excluding steroid dienone is 1. The molecule has 0 saturated heterocycles. The normalized spacial score (nSPS) is 14.3. The predicted octanol–water partition coefficient (Wildman–Crippen LogP) is 1.88. The molecule has 0 radical (unpaired) electrons. The molecular weight excluding hydrogens is 235 g/mol. The molecule has 0 saturated carbocycles. The van der Waals surface area contributed by atoms with Crippen LogP contribution in [-0.2, 0) is 17.7 Å². The molecule has 2 N–H and O–H groups in total. The topological polar surface area (TPSA) is 57.2 Å². The number of nitrogens with zero attached hydrogens (tertiary/aromatic N) is 1. The molecule has 0 fully saturated rings. The van der Waals surface area contributed by atoms with E-state index in [1.807, 2.05) is 0 Å². The molecule has 98 valence electrons. The van der Waals surface area contributed by atoms with Gasteiger partial charge in [0.1, 0.15) is 5.83 Å². The standard InChI is InChI=1S/C13H17FN2O2/c1-18-5-4-13(17)16-8-9(7-15)11-6-10(14)2-3-12(11)16/h6,8H,2-5,7,15H2,1H3. The Kier molecular flexibility index (Phi) is 3.93. The summed E-state index contributed by atoms with van der Waals surface area (Å²) in [4.78, 5) is 12.0. The second kappa shape index (κ2) is 5.46. The molecule has 1 heterocycles. The van der Waals surface area contributed by atoms with E-state index in [9.17, 15) is 9.18 Å². The quantitative estimate of drug-likeness (QED) is 0.890.